The van der Waals surface area contributed by atoms with Crippen molar-refractivity contribution in [2.45, 2.75) is 38.0 Å². The van der Waals surface area contributed by atoms with Gasteiger partial charge in [0.2, 0.25) is 10.0 Å². The molecule has 0 atom stereocenters. The fourth-order valence-corrected chi connectivity index (χ4v) is 2.71. The summed E-state index contributed by atoms with van der Waals surface area (Å²) in [5.41, 5.74) is 2.45. The van der Waals surface area contributed by atoms with Gasteiger partial charge in [0, 0.05) is 11.1 Å². The molecule has 1 aromatic carbocycles. The SMILES string of the molecule is Cc1cc(OC/C=C/Cl)c(C(C)(C)C)cc1S(N)(=O)=O. The lowest BCUT2D eigenvalue weighted by molar-refractivity contribution is 0.350. The number of benzene rings is 1. The molecule has 0 spiro atoms. The van der Waals surface area contributed by atoms with E-state index < -0.39 is 10.0 Å². The summed E-state index contributed by atoms with van der Waals surface area (Å²) < 4.78 is 28.9. The molecule has 0 aliphatic carbocycles. The summed E-state index contributed by atoms with van der Waals surface area (Å²) in [4.78, 5) is 0.127. The van der Waals surface area contributed by atoms with E-state index in [1.165, 1.54) is 5.54 Å². The van der Waals surface area contributed by atoms with Crippen LogP contribution in [-0.2, 0) is 15.4 Å². The van der Waals surface area contributed by atoms with Crippen LogP contribution in [0.4, 0.5) is 0 Å². The van der Waals surface area contributed by atoms with E-state index in [-0.39, 0.29) is 10.3 Å². The van der Waals surface area contributed by atoms with Crippen molar-refractivity contribution in [1.29, 1.82) is 0 Å². The molecule has 0 aliphatic heterocycles. The monoisotopic (exact) mass is 317 g/mol. The fraction of sp³-hybridized carbons (Fsp3) is 0.429. The molecule has 0 saturated heterocycles. The molecule has 0 aliphatic rings. The zero-order valence-corrected chi connectivity index (χ0v) is 13.7. The molecule has 0 fully saturated rings. The number of sulfonamides is 1. The molecule has 0 unspecified atom stereocenters. The third-order valence-electron chi connectivity index (χ3n) is 2.82. The Balaban J connectivity index is 3.41. The summed E-state index contributed by atoms with van der Waals surface area (Å²) in [5.74, 6) is 0.636. The van der Waals surface area contributed by atoms with Crippen LogP contribution in [0.5, 0.6) is 5.75 Å². The van der Waals surface area contributed by atoms with Crippen molar-refractivity contribution in [2.24, 2.45) is 5.14 Å². The van der Waals surface area contributed by atoms with Crippen LogP contribution in [0.2, 0.25) is 0 Å². The number of hydrogen-bond donors (Lipinski definition) is 1. The van der Waals surface area contributed by atoms with E-state index in [2.05, 4.69) is 0 Å². The summed E-state index contributed by atoms with van der Waals surface area (Å²) >= 11 is 5.46. The summed E-state index contributed by atoms with van der Waals surface area (Å²) in [7, 11) is -3.75. The van der Waals surface area contributed by atoms with E-state index in [9.17, 15) is 8.42 Å². The van der Waals surface area contributed by atoms with Gasteiger partial charge in [-0.05, 0) is 36.1 Å². The van der Waals surface area contributed by atoms with Crippen molar-refractivity contribution < 1.29 is 13.2 Å². The van der Waals surface area contributed by atoms with Crippen molar-refractivity contribution in [2.75, 3.05) is 6.61 Å². The number of aryl methyl sites for hydroxylation is 1. The molecule has 1 aromatic rings. The number of primary sulfonamides is 1. The quantitative estimate of drug-likeness (QED) is 0.927. The fourth-order valence-electron chi connectivity index (χ4n) is 1.85. The largest absolute Gasteiger partial charge is 0.489 e. The third-order valence-corrected chi connectivity index (χ3v) is 4.05. The van der Waals surface area contributed by atoms with Gasteiger partial charge in [-0.1, -0.05) is 32.4 Å². The Labute approximate surface area is 125 Å². The van der Waals surface area contributed by atoms with Crippen LogP contribution in [0, 0.1) is 6.92 Å². The maximum Gasteiger partial charge on any atom is 0.238 e. The van der Waals surface area contributed by atoms with Gasteiger partial charge in [0.1, 0.15) is 12.4 Å². The summed E-state index contributed by atoms with van der Waals surface area (Å²) in [6.07, 6.45) is 1.66. The Morgan fingerprint density at radius 3 is 2.40 bits per heavy atom. The Morgan fingerprint density at radius 1 is 1.35 bits per heavy atom. The Hall–Kier alpha value is -1.04. The predicted octanol–water partition coefficient (Wildman–Crippen LogP) is 3.07. The zero-order valence-electron chi connectivity index (χ0n) is 12.1. The van der Waals surface area contributed by atoms with Crippen molar-refractivity contribution in [3.63, 3.8) is 0 Å². The molecule has 6 heteroatoms. The van der Waals surface area contributed by atoms with Crippen LogP contribution in [0.15, 0.2) is 28.6 Å². The van der Waals surface area contributed by atoms with Crippen molar-refractivity contribution in [3.8, 4) is 5.75 Å². The molecule has 112 valence electrons. The minimum atomic E-state index is -3.75. The highest BCUT2D eigenvalue weighted by molar-refractivity contribution is 7.89. The minimum Gasteiger partial charge on any atom is -0.489 e. The van der Waals surface area contributed by atoms with Gasteiger partial charge >= 0.3 is 0 Å². The van der Waals surface area contributed by atoms with Gasteiger partial charge in [-0.3, -0.25) is 0 Å². The highest BCUT2D eigenvalue weighted by atomic mass is 35.5. The molecular formula is C14H20ClNO3S. The van der Waals surface area contributed by atoms with E-state index in [0.717, 1.165) is 5.56 Å². The van der Waals surface area contributed by atoms with Gasteiger partial charge in [-0.15, -0.1) is 0 Å². The Kier molecular flexibility index (Phi) is 5.24. The maximum absolute atomic E-state index is 11.6. The standard InChI is InChI=1S/C14H20ClNO3S/c1-10-8-12(19-7-5-6-15)11(14(2,3)4)9-13(10)20(16,17)18/h5-6,8-9H,7H2,1-4H3,(H2,16,17,18)/b6-5+. The van der Waals surface area contributed by atoms with Crippen LogP contribution < -0.4 is 9.88 Å². The first-order chi connectivity index (χ1) is 9.07. The molecule has 0 radical (unpaired) electrons. The lowest BCUT2D eigenvalue weighted by atomic mass is 9.86. The second-order valence-corrected chi connectivity index (χ2v) is 7.36. The lowest BCUT2D eigenvalue weighted by Crippen LogP contribution is -2.18. The van der Waals surface area contributed by atoms with E-state index in [4.69, 9.17) is 21.5 Å². The van der Waals surface area contributed by atoms with Crippen LogP contribution in [-0.4, -0.2) is 15.0 Å². The first-order valence-corrected chi connectivity index (χ1v) is 8.11. The van der Waals surface area contributed by atoms with E-state index in [1.54, 1.807) is 25.1 Å². The third kappa shape index (κ3) is 4.23. The number of hydrogen-bond acceptors (Lipinski definition) is 3. The maximum atomic E-state index is 11.6. The summed E-state index contributed by atoms with van der Waals surface area (Å²) in [6, 6.07) is 3.28. The van der Waals surface area contributed by atoms with Crippen LogP contribution in [0.3, 0.4) is 0 Å². The minimum absolute atomic E-state index is 0.127. The second kappa shape index (κ2) is 6.16. The Morgan fingerprint density at radius 2 is 1.95 bits per heavy atom. The lowest BCUT2D eigenvalue weighted by Gasteiger charge is -2.24. The van der Waals surface area contributed by atoms with Gasteiger partial charge in [-0.25, -0.2) is 13.6 Å². The molecule has 0 heterocycles. The van der Waals surface area contributed by atoms with Crippen LogP contribution in [0.1, 0.15) is 31.9 Å². The smallest absolute Gasteiger partial charge is 0.238 e. The molecule has 4 nitrogen and oxygen atoms in total. The molecule has 2 N–H and O–H groups in total. The van der Waals surface area contributed by atoms with Gasteiger partial charge in [-0.2, -0.15) is 0 Å². The average molecular weight is 318 g/mol. The molecule has 1 rings (SSSR count). The van der Waals surface area contributed by atoms with Gasteiger partial charge in [0.15, 0.2) is 0 Å². The molecular weight excluding hydrogens is 298 g/mol. The predicted molar refractivity (Wildman–Crippen MR) is 81.7 cm³/mol. The number of rotatable bonds is 4. The van der Waals surface area contributed by atoms with Gasteiger partial charge < -0.3 is 4.74 Å². The average Bonchev–Trinajstić information content (AvgIpc) is 2.25. The van der Waals surface area contributed by atoms with Crippen molar-refractivity contribution >= 4 is 21.6 Å². The number of halogens is 1. The first kappa shape index (κ1) is 17.0. The summed E-state index contributed by atoms with van der Waals surface area (Å²) in [6.45, 7) is 7.95. The van der Waals surface area contributed by atoms with E-state index >= 15 is 0 Å². The second-order valence-electron chi connectivity index (χ2n) is 5.58. The van der Waals surface area contributed by atoms with Crippen LogP contribution >= 0.6 is 11.6 Å². The Bertz CT molecular complexity index is 616. The molecule has 0 saturated carbocycles. The molecule has 0 bridgehead atoms. The highest BCUT2D eigenvalue weighted by Crippen LogP contribution is 2.35. The summed E-state index contributed by atoms with van der Waals surface area (Å²) in [5, 5.41) is 5.24. The number of nitrogens with two attached hydrogens (primary N) is 1. The molecule has 0 aromatic heterocycles. The van der Waals surface area contributed by atoms with Gasteiger partial charge in [0.05, 0.1) is 4.90 Å². The normalized spacial score (nSPS) is 12.9. The van der Waals surface area contributed by atoms with Crippen LogP contribution in [0.25, 0.3) is 0 Å². The molecule has 20 heavy (non-hydrogen) atoms. The van der Waals surface area contributed by atoms with Crippen molar-refractivity contribution in [1.82, 2.24) is 0 Å². The highest BCUT2D eigenvalue weighted by Gasteiger charge is 2.23. The molecule has 0 amide bonds. The van der Waals surface area contributed by atoms with Crippen molar-refractivity contribution in [3.05, 3.63) is 34.9 Å². The topological polar surface area (TPSA) is 69.4 Å². The zero-order chi connectivity index (χ0) is 15.6. The van der Waals surface area contributed by atoms with E-state index in [0.29, 0.717) is 17.9 Å². The number of ether oxygens (including phenoxy) is 1. The van der Waals surface area contributed by atoms with Gasteiger partial charge in [0.25, 0.3) is 0 Å². The first-order valence-electron chi connectivity index (χ1n) is 6.13. The van der Waals surface area contributed by atoms with E-state index in [1.807, 2.05) is 20.8 Å².